The lowest BCUT2D eigenvalue weighted by molar-refractivity contribution is -0.146. The quantitative estimate of drug-likeness (QED) is 0.781. The van der Waals surface area contributed by atoms with Gasteiger partial charge in [-0.2, -0.15) is 0 Å². The molecule has 132 valence electrons. The second kappa shape index (κ2) is 6.10. The molecule has 3 rings (SSSR count). The van der Waals surface area contributed by atoms with Gasteiger partial charge in [0, 0.05) is 25.2 Å². The lowest BCUT2D eigenvalue weighted by Gasteiger charge is -2.47. The summed E-state index contributed by atoms with van der Waals surface area (Å²) in [4.78, 5) is 13.7. The molecule has 4 N–H and O–H groups in total. The molecule has 1 aromatic rings. The summed E-state index contributed by atoms with van der Waals surface area (Å²) in [6.07, 6.45) is 2.05. The minimum absolute atomic E-state index is 0.0905. The van der Waals surface area contributed by atoms with Crippen molar-refractivity contribution in [3.05, 3.63) is 35.1 Å². The molecule has 0 unspecified atom stereocenters. The maximum Gasteiger partial charge on any atom is 0.323 e. The monoisotopic (exact) mass is 336 g/mol. The standard InChI is InChI=1S/C18H25FN2O3/c1-12(11-22)9-21-10-13-8-14(19)2-3-15(13)18(21)6-4-17(20,5-7-18)16(23)24/h2-3,8,12,22H,4-7,9-11,20H2,1H3,(H,23,24)/t12-,17?,18?/m1/s1. The summed E-state index contributed by atoms with van der Waals surface area (Å²) in [5.74, 6) is -1.11. The van der Waals surface area contributed by atoms with Crippen molar-refractivity contribution >= 4 is 5.97 Å². The Labute approximate surface area is 141 Å². The topological polar surface area (TPSA) is 86.8 Å². The molecule has 2 aliphatic rings. The lowest BCUT2D eigenvalue weighted by Crippen LogP contribution is -2.56. The van der Waals surface area contributed by atoms with E-state index in [9.17, 15) is 19.4 Å². The highest BCUT2D eigenvalue weighted by Crippen LogP contribution is 2.50. The molecule has 1 fully saturated rings. The van der Waals surface area contributed by atoms with Crippen LogP contribution in [0.2, 0.25) is 0 Å². The number of aliphatic hydroxyl groups is 1. The summed E-state index contributed by atoms with van der Waals surface area (Å²) in [6.45, 7) is 3.39. The molecule has 24 heavy (non-hydrogen) atoms. The van der Waals surface area contributed by atoms with Crippen molar-refractivity contribution < 1.29 is 19.4 Å². The van der Waals surface area contributed by atoms with E-state index < -0.39 is 11.5 Å². The maximum absolute atomic E-state index is 13.6. The Kier molecular flexibility index (Phi) is 4.40. The third-order valence-electron chi connectivity index (χ3n) is 5.77. The fourth-order valence-electron chi connectivity index (χ4n) is 4.26. The summed E-state index contributed by atoms with van der Waals surface area (Å²) < 4.78 is 13.6. The van der Waals surface area contributed by atoms with Crippen LogP contribution >= 0.6 is 0 Å². The van der Waals surface area contributed by atoms with Gasteiger partial charge in [0.2, 0.25) is 0 Å². The fourth-order valence-corrected chi connectivity index (χ4v) is 4.26. The first kappa shape index (κ1) is 17.3. The summed E-state index contributed by atoms with van der Waals surface area (Å²) in [7, 11) is 0. The number of fused-ring (bicyclic) bond motifs is 2. The van der Waals surface area contributed by atoms with Crippen LogP contribution in [0.4, 0.5) is 4.39 Å². The van der Waals surface area contributed by atoms with E-state index in [2.05, 4.69) is 4.90 Å². The number of benzene rings is 1. The maximum atomic E-state index is 13.6. The van der Waals surface area contributed by atoms with Crippen molar-refractivity contribution in [3.63, 3.8) is 0 Å². The SMILES string of the molecule is C[C@@H](CO)CN1Cc2cc(F)ccc2C12CCC(N)(C(=O)O)CC2. The first-order valence-electron chi connectivity index (χ1n) is 8.48. The van der Waals surface area contributed by atoms with E-state index in [-0.39, 0.29) is 23.9 Å². The smallest absolute Gasteiger partial charge is 0.323 e. The second-order valence-electron chi connectivity index (χ2n) is 7.46. The molecule has 0 bridgehead atoms. The van der Waals surface area contributed by atoms with Crippen LogP contribution in [0.5, 0.6) is 0 Å². The Morgan fingerprint density at radius 1 is 1.38 bits per heavy atom. The normalized spacial score (nSPS) is 31.2. The van der Waals surface area contributed by atoms with Crippen LogP contribution in [0, 0.1) is 11.7 Å². The summed E-state index contributed by atoms with van der Waals surface area (Å²) >= 11 is 0. The molecule has 5 nitrogen and oxygen atoms in total. The number of nitrogens with two attached hydrogens (primary N) is 1. The molecule has 1 aliphatic heterocycles. The van der Waals surface area contributed by atoms with E-state index in [0.717, 1.165) is 11.1 Å². The Bertz CT molecular complexity index is 641. The van der Waals surface area contributed by atoms with Crippen LogP contribution in [0.1, 0.15) is 43.7 Å². The van der Waals surface area contributed by atoms with Gasteiger partial charge in [0.05, 0.1) is 0 Å². The number of nitrogens with zero attached hydrogens (tertiary/aromatic N) is 1. The fraction of sp³-hybridized carbons (Fsp3) is 0.611. The minimum atomic E-state index is -1.18. The van der Waals surface area contributed by atoms with Gasteiger partial charge < -0.3 is 15.9 Å². The van der Waals surface area contributed by atoms with Crippen molar-refractivity contribution in [1.82, 2.24) is 4.90 Å². The van der Waals surface area contributed by atoms with Crippen LogP contribution < -0.4 is 5.73 Å². The van der Waals surface area contributed by atoms with E-state index in [4.69, 9.17) is 5.73 Å². The highest BCUT2D eigenvalue weighted by atomic mass is 19.1. The average Bonchev–Trinajstić information content (AvgIpc) is 2.83. The van der Waals surface area contributed by atoms with Gasteiger partial charge in [0.15, 0.2) is 0 Å². The first-order chi connectivity index (χ1) is 11.3. The number of rotatable bonds is 4. The molecule has 0 radical (unpaired) electrons. The molecular weight excluding hydrogens is 311 g/mol. The van der Waals surface area contributed by atoms with Crippen LogP contribution in [0.25, 0.3) is 0 Å². The molecule has 1 atom stereocenters. The van der Waals surface area contributed by atoms with E-state index >= 15 is 0 Å². The molecule has 1 saturated carbocycles. The Morgan fingerprint density at radius 3 is 2.62 bits per heavy atom. The van der Waals surface area contributed by atoms with Crippen molar-refractivity contribution in [2.24, 2.45) is 11.7 Å². The van der Waals surface area contributed by atoms with Gasteiger partial charge in [-0.15, -0.1) is 0 Å². The molecule has 0 saturated heterocycles. The van der Waals surface area contributed by atoms with Crippen LogP contribution in [-0.2, 0) is 16.9 Å². The highest BCUT2D eigenvalue weighted by molar-refractivity contribution is 5.78. The molecule has 1 spiro atoms. The number of hydrogen-bond donors (Lipinski definition) is 3. The number of carboxylic acids is 1. The Balaban J connectivity index is 1.94. The molecule has 1 heterocycles. The zero-order valence-electron chi connectivity index (χ0n) is 14.0. The van der Waals surface area contributed by atoms with E-state index in [1.165, 1.54) is 6.07 Å². The largest absolute Gasteiger partial charge is 0.480 e. The number of carboxylic acid groups (broad SMARTS) is 1. The van der Waals surface area contributed by atoms with Gasteiger partial charge in [-0.05, 0) is 54.9 Å². The predicted octanol–water partition coefficient (Wildman–Crippen LogP) is 1.82. The van der Waals surface area contributed by atoms with Gasteiger partial charge in [0.1, 0.15) is 11.4 Å². The lowest BCUT2D eigenvalue weighted by atomic mass is 9.69. The van der Waals surface area contributed by atoms with Gasteiger partial charge in [-0.3, -0.25) is 9.69 Å². The minimum Gasteiger partial charge on any atom is -0.480 e. The first-order valence-corrected chi connectivity index (χ1v) is 8.48. The number of hydrogen-bond acceptors (Lipinski definition) is 4. The summed E-state index contributed by atoms with van der Waals surface area (Å²) in [6, 6.07) is 4.88. The van der Waals surface area contributed by atoms with Crippen LogP contribution in [-0.4, -0.2) is 39.8 Å². The molecule has 0 amide bonds. The van der Waals surface area contributed by atoms with Crippen molar-refractivity contribution in [1.29, 1.82) is 0 Å². The second-order valence-corrected chi connectivity index (χ2v) is 7.46. The number of carbonyl (C=O) groups is 1. The van der Waals surface area contributed by atoms with E-state index in [1.807, 2.05) is 13.0 Å². The van der Waals surface area contributed by atoms with E-state index in [1.54, 1.807) is 6.07 Å². The average molecular weight is 336 g/mol. The zero-order chi connectivity index (χ0) is 17.5. The highest BCUT2D eigenvalue weighted by Gasteiger charge is 2.51. The third-order valence-corrected chi connectivity index (χ3v) is 5.77. The summed E-state index contributed by atoms with van der Waals surface area (Å²) in [5.41, 5.74) is 6.62. The van der Waals surface area contributed by atoms with Gasteiger partial charge in [-0.25, -0.2) is 4.39 Å². The Morgan fingerprint density at radius 2 is 2.04 bits per heavy atom. The van der Waals surface area contributed by atoms with Crippen molar-refractivity contribution in [2.45, 2.75) is 50.2 Å². The van der Waals surface area contributed by atoms with Crippen LogP contribution in [0.15, 0.2) is 18.2 Å². The number of aliphatic hydroxyl groups excluding tert-OH is 1. The molecule has 1 aromatic carbocycles. The summed E-state index contributed by atoms with van der Waals surface area (Å²) in [5, 5.41) is 18.8. The van der Waals surface area contributed by atoms with Gasteiger partial charge in [0.25, 0.3) is 0 Å². The Hall–Kier alpha value is -1.50. The molecule has 0 aromatic heterocycles. The predicted molar refractivity (Wildman–Crippen MR) is 87.8 cm³/mol. The number of halogens is 1. The van der Waals surface area contributed by atoms with Crippen LogP contribution in [0.3, 0.4) is 0 Å². The van der Waals surface area contributed by atoms with Gasteiger partial charge >= 0.3 is 5.97 Å². The van der Waals surface area contributed by atoms with E-state index in [0.29, 0.717) is 38.8 Å². The molecular formula is C18H25FN2O3. The molecule has 6 heteroatoms. The van der Waals surface area contributed by atoms with Crippen molar-refractivity contribution in [2.75, 3.05) is 13.2 Å². The van der Waals surface area contributed by atoms with Crippen molar-refractivity contribution in [3.8, 4) is 0 Å². The molecule has 1 aliphatic carbocycles. The zero-order valence-corrected chi connectivity index (χ0v) is 14.0. The third kappa shape index (κ3) is 2.72. The van der Waals surface area contributed by atoms with Gasteiger partial charge in [-0.1, -0.05) is 13.0 Å². The number of aliphatic carboxylic acids is 1.